The zero-order valence-corrected chi connectivity index (χ0v) is 24.6. The Hall–Kier alpha value is -3.34. The zero-order chi connectivity index (χ0) is 28.8. The largest absolute Gasteiger partial charge is 0.490 e. The van der Waals surface area contributed by atoms with Gasteiger partial charge in [0.2, 0.25) is 17.7 Å². The molecule has 41 heavy (non-hydrogen) atoms. The third kappa shape index (κ3) is 7.90. The summed E-state index contributed by atoms with van der Waals surface area (Å²) in [6, 6.07) is 10.6. The molecule has 1 fully saturated rings. The molecule has 2 unspecified atom stereocenters. The molecule has 1 saturated heterocycles. The molecule has 2 aromatic carbocycles. The predicted molar refractivity (Wildman–Crippen MR) is 160 cm³/mol. The van der Waals surface area contributed by atoms with Crippen LogP contribution in [0.15, 0.2) is 41.2 Å². The average molecular weight is 607 g/mol. The number of nitrogens with zero attached hydrogens (tertiary/aromatic N) is 2. The van der Waals surface area contributed by atoms with E-state index in [1.54, 1.807) is 11.6 Å². The van der Waals surface area contributed by atoms with Gasteiger partial charge in [-0.3, -0.25) is 28.8 Å². The van der Waals surface area contributed by atoms with Crippen molar-refractivity contribution in [1.29, 1.82) is 0 Å². The summed E-state index contributed by atoms with van der Waals surface area (Å²) in [5.41, 5.74) is 14.5. The number of imidazole rings is 1. The molecular weight excluding hydrogens is 569 g/mol. The van der Waals surface area contributed by atoms with Crippen LogP contribution in [-0.2, 0) is 34.3 Å². The fourth-order valence-corrected chi connectivity index (χ4v) is 5.36. The number of hydrogen-bond donors (Lipinski definition) is 3. The highest BCUT2D eigenvalue weighted by molar-refractivity contribution is 6.32. The lowest BCUT2D eigenvalue weighted by Gasteiger charge is -2.21. The van der Waals surface area contributed by atoms with E-state index in [0.717, 1.165) is 48.7 Å². The molecule has 5 N–H and O–H groups in total. The van der Waals surface area contributed by atoms with Crippen LogP contribution in [0.3, 0.4) is 0 Å². The number of amides is 3. The first kappa shape index (κ1) is 32.2. The lowest BCUT2D eigenvalue weighted by Crippen LogP contribution is -2.44. The van der Waals surface area contributed by atoms with E-state index in [0.29, 0.717) is 29.1 Å². The molecule has 1 aromatic heterocycles. The van der Waals surface area contributed by atoms with Gasteiger partial charge in [0.25, 0.3) is 0 Å². The second-order valence-electron chi connectivity index (χ2n) is 10.4. The van der Waals surface area contributed by atoms with Gasteiger partial charge in [-0.1, -0.05) is 36.2 Å². The summed E-state index contributed by atoms with van der Waals surface area (Å²) in [6.45, 7) is 0.253. The normalized spacial score (nSPS) is 15.8. The molecule has 4 rings (SSSR count). The monoisotopic (exact) mass is 605 g/mol. The van der Waals surface area contributed by atoms with Crippen LogP contribution in [0.5, 0.6) is 5.75 Å². The molecule has 3 aromatic rings. The summed E-state index contributed by atoms with van der Waals surface area (Å²) in [7, 11) is 1.70. The number of halogens is 2. The fraction of sp³-hybridized carbons (Fsp3) is 0.448. The SMILES string of the molecule is Cl.Cn1c(=O)n(C2CCC(=O)NC2=O)c2ccc(CCCCCc3cccc(OCC(N)CCC(N)=O)c3Cl)cc21. The van der Waals surface area contributed by atoms with Crippen molar-refractivity contribution in [3.05, 3.63) is 63.0 Å². The number of imide groups is 1. The Balaban J connectivity index is 0.00000462. The first-order valence-electron chi connectivity index (χ1n) is 13.6. The Kier molecular flexibility index (Phi) is 11.4. The van der Waals surface area contributed by atoms with E-state index in [2.05, 4.69) is 5.32 Å². The number of ether oxygens (including phenoxy) is 1. The minimum Gasteiger partial charge on any atom is -0.490 e. The van der Waals surface area contributed by atoms with E-state index >= 15 is 0 Å². The number of nitrogens with two attached hydrogens (primary N) is 2. The molecule has 12 heteroatoms. The Morgan fingerprint density at radius 3 is 2.61 bits per heavy atom. The van der Waals surface area contributed by atoms with Gasteiger partial charge >= 0.3 is 5.69 Å². The first-order valence-corrected chi connectivity index (χ1v) is 14.0. The highest BCUT2D eigenvalue weighted by Crippen LogP contribution is 2.30. The number of hydrogen-bond acceptors (Lipinski definition) is 6. The molecule has 3 amide bonds. The maximum absolute atomic E-state index is 13.0. The predicted octanol–water partition coefficient (Wildman–Crippen LogP) is 3.32. The molecule has 10 nitrogen and oxygen atoms in total. The molecule has 0 aliphatic carbocycles. The highest BCUT2D eigenvalue weighted by Gasteiger charge is 2.31. The maximum atomic E-state index is 13.0. The maximum Gasteiger partial charge on any atom is 0.329 e. The number of rotatable bonds is 13. The number of aromatic nitrogens is 2. The number of carbonyl (C=O) groups excluding carboxylic acids is 3. The quantitative estimate of drug-likeness (QED) is 0.201. The summed E-state index contributed by atoms with van der Waals surface area (Å²) in [4.78, 5) is 47.8. The van der Waals surface area contributed by atoms with Crippen molar-refractivity contribution < 1.29 is 19.1 Å². The number of nitrogens with one attached hydrogen (secondary N) is 1. The van der Waals surface area contributed by atoms with E-state index in [9.17, 15) is 19.2 Å². The molecule has 0 bridgehead atoms. The van der Waals surface area contributed by atoms with E-state index in [-0.39, 0.29) is 55.4 Å². The number of aryl methyl sites for hydroxylation is 3. The topological polar surface area (TPSA) is 151 Å². The Morgan fingerprint density at radius 1 is 1.12 bits per heavy atom. The van der Waals surface area contributed by atoms with Crippen molar-refractivity contribution in [1.82, 2.24) is 14.5 Å². The van der Waals surface area contributed by atoms with Crippen molar-refractivity contribution in [2.24, 2.45) is 18.5 Å². The lowest BCUT2D eigenvalue weighted by atomic mass is 10.0. The molecule has 222 valence electrons. The van der Waals surface area contributed by atoms with Crippen LogP contribution >= 0.6 is 24.0 Å². The van der Waals surface area contributed by atoms with Crippen molar-refractivity contribution in [2.45, 2.75) is 69.9 Å². The second-order valence-corrected chi connectivity index (χ2v) is 10.7. The summed E-state index contributed by atoms with van der Waals surface area (Å²) in [6.07, 6.45) is 5.79. The van der Waals surface area contributed by atoms with Gasteiger partial charge in [0.15, 0.2) is 0 Å². The summed E-state index contributed by atoms with van der Waals surface area (Å²) < 4.78 is 8.85. The third-order valence-corrected chi connectivity index (χ3v) is 7.77. The Bertz CT molecular complexity index is 1470. The van der Waals surface area contributed by atoms with Gasteiger partial charge in [0.1, 0.15) is 18.4 Å². The number of benzene rings is 2. The van der Waals surface area contributed by atoms with E-state index in [4.69, 9.17) is 27.8 Å². The number of primary amides is 1. The summed E-state index contributed by atoms with van der Waals surface area (Å²) >= 11 is 6.57. The molecule has 1 aliphatic rings. The second kappa shape index (κ2) is 14.5. The van der Waals surface area contributed by atoms with Gasteiger partial charge in [-0.15, -0.1) is 12.4 Å². The first-order chi connectivity index (χ1) is 19.2. The standard InChI is InChI=1S/C29H36ClN5O5.ClH/c1-34-23-16-18(10-12-21(23)35(29(34)39)22-13-15-26(37)33-28(22)38)6-3-2-4-7-19-8-5-9-24(27(19)30)40-17-20(31)11-14-25(32)36;/h5,8-10,12,16,20,22H,2-4,6-7,11,13-15,17,31H2,1H3,(H2,32,36)(H,33,37,38);1H. The zero-order valence-electron chi connectivity index (χ0n) is 23.1. The smallest absolute Gasteiger partial charge is 0.329 e. The number of fused-ring (bicyclic) bond motifs is 1. The van der Waals surface area contributed by atoms with Crippen molar-refractivity contribution in [3.63, 3.8) is 0 Å². The van der Waals surface area contributed by atoms with E-state index in [1.165, 1.54) is 4.57 Å². The van der Waals surface area contributed by atoms with Crippen LogP contribution in [0.25, 0.3) is 11.0 Å². The molecule has 0 spiro atoms. The van der Waals surface area contributed by atoms with E-state index < -0.39 is 11.9 Å². The molecule has 0 radical (unpaired) electrons. The lowest BCUT2D eigenvalue weighted by molar-refractivity contribution is -0.135. The van der Waals surface area contributed by atoms with Crippen LogP contribution in [0.2, 0.25) is 5.02 Å². The third-order valence-electron chi connectivity index (χ3n) is 7.34. The minimum atomic E-state index is -0.686. The van der Waals surface area contributed by atoms with Gasteiger partial charge < -0.3 is 16.2 Å². The van der Waals surface area contributed by atoms with Crippen LogP contribution < -0.4 is 27.2 Å². The van der Waals surface area contributed by atoms with Crippen LogP contribution in [-0.4, -0.2) is 39.5 Å². The van der Waals surface area contributed by atoms with Crippen molar-refractivity contribution >= 4 is 52.8 Å². The van der Waals surface area contributed by atoms with Gasteiger partial charge in [0, 0.05) is 25.9 Å². The number of carbonyl (C=O) groups is 3. The molecular formula is C29H37Cl2N5O5. The summed E-state index contributed by atoms with van der Waals surface area (Å²) in [5.74, 6) is -0.545. The van der Waals surface area contributed by atoms with Gasteiger partial charge in [-0.05, 0) is 67.9 Å². The van der Waals surface area contributed by atoms with Gasteiger partial charge in [-0.25, -0.2) is 4.79 Å². The minimum absolute atomic E-state index is 0. The van der Waals surface area contributed by atoms with Gasteiger partial charge in [-0.2, -0.15) is 0 Å². The van der Waals surface area contributed by atoms with Crippen LogP contribution in [0.1, 0.15) is 62.1 Å². The van der Waals surface area contributed by atoms with Crippen LogP contribution in [0.4, 0.5) is 0 Å². The molecule has 2 heterocycles. The van der Waals surface area contributed by atoms with Gasteiger partial charge in [0.05, 0.1) is 16.1 Å². The number of piperidine rings is 1. The molecule has 1 aliphatic heterocycles. The fourth-order valence-electron chi connectivity index (χ4n) is 5.08. The molecule has 2 atom stereocenters. The highest BCUT2D eigenvalue weighted by atomic mass is 35.5. The Labute approximate surface area is 249 Å². The molecule has 0 saturated carbocycles. The van der Waals surface area contributed by atoms with Crippen molar-refractivity contribution in [2.75, 3.05) is 6.61 Å². The number of unbranched alkanes of at least 4 members (excludes halogenated alkanes) is 2. The average Bonchev–Trinajstić information content (AvgIpc) is 3.16. The van der Waals surface area contributed by atoms with Crippen molar-refractivity contribution in [3.8, 4) is 5.75 Å². The summed E-state index contributed by atoms with van der Waals surface area (Å²) in [5, 5.41) is 2.92. The Morgan fingerprint density at radius 2 is 1.88 bits per heavy atom. The van der Waals surface area contributed by atoms with Crippen LogP contribution in [0, 0.1) is 0 Å². The van der Waals surface area contributed by atoms with E-state index in [1.807, 2.05) is 36.4 Å².